The maximum atomic E-state index is 12.2. The highest BCUT2D eigenvalue weighted by Gasteiger charge is 2.09. The third kappa shape index (κ3) is 5.09. The van der Waals surface area contributed by atoms with E-state index in [1.807, 2.05) is 19.9 Å². The molecule has 0 bridgehead atoms. The molecule has 0 aliphatic carbocycles. The van der Waals surface area contributed by atoms with Gasteiger partial charge in [0.15, 0.2) is 6.61 Å². The summed E-state index contributed by atoms with van der Waals surface area (Å²) in [5.74, 6) is 0.692. The van der Waals surface area contributed by atoms with Crippen LogP contribution < -0.4 is 10.1 Å². The van der Waals surface area contributed by atoms with Crippen LogP contribution in [0.3, 0.4) is 0 Å². The van der Waals surface area contributed by atoms with Crippen molar-refractivity contribution in [2.75, 3.05) is 6.61 Å². The lowest BCUT2D eigenvalue weighted by atomic mass is 10.0. The second-order valence-corrected chi connectivity index (χ2v) is 6.58. The van der Waals surface area contributed by atoms with E-state index in [0.717, 1.165) is 29.7 Å². The van der Waals surface area contributed by atoms with Gasteiger partial charge in [0.05, 0.1) is 0 Å². The van der Waals surface area contributed by atoms with Gasteiger partial charge in [0, 0.05) is 6.54 Å². The quantitative estimate of drug-likeness (QED) is 0.810. The first-order valence-electron chi connectivity index (χ1n) is 9.02. The van der Waals surface area contributed by atoms with E-state index in [2.05, 4.69) is 50.4 Å². The molecule has 0 aliphatic heterocycles. The molecule has 134 valence electrons. The molecule has 2 aromatic carbocycles. The molecule has 3 nitrogen and oxygen atoms in total. The molecule has 0 saturated carbocycles. The van der Waals surface area contributed by atoms with Crippen LogP contribution >= 0.6 is 0 Å². The monoisotopic (exact) mass is 339 g/mol. The zero-order chi connectivity index (χ0) is 18.4. The third-order valence-corrected chi connectivity index (χ3v) is 4.66. The van der Waals surface area contributed by atoms with E-state index in [1.54, 1.807) is 0 Å². The van der Waals surface area contributed by atoms with Crippen LogP contribution in [-0.2, 0) is 24.2 Å². The molecule has 2 rings (SSSR count). The number of aryl methyl sites for hydroxylation is 4. The van der Waals surface area contributed by atoms with Gasteiger partial charge < -0.3 is 10.1 Å². The second kappa shape index (κ2) is 8.70. The predicted octanol–water partition coefficient (Wildman–Crippen LogP) is 4.43. The molecule has 2 aromatic rings. The Bertz CT molecular complexity index is 750. The highest BCUT2D eigenvalue weighted by molar-refractivity contribution is 5.77. The van der Waals surface area contributed by atoms with Crippen molar-refractivity contribution in [3.8, 4) is 5.75 Å². The number of benzene rings is 2. The van der Waals surface area contributed by atoms with Crippen molar-refractivity contribution in [3.05, 3.63) is 63.7 Å². The lowest BCUT2D eigenvalue weighted by molar-refractivity contribution is -0.123. The summed E-state index contributed by atoms with van der Waals surface area (Å²) in [7, 11) is 0. The molecule has 3 heteroatoms. The molecule has 0 spiro atoms. The summed E-state index contributed by atoms with van der Waals surface area (Å²) in [6, 6.07) is 10.6. The van der Waals surface area contributed by atoms with Crippen molar-refractivity contribution in [1.29, 1.82) is 0 Å². The molecule has 1 N–H and O–H groups in total. The van der Waals surface area contributed by atoms with Gasteiger partial charge in [-0.2, -0.15) is 0 Å². The highest BCUT2D eigenvalue weighted by Crippen LogP contribution is 2.23. The largest absolute Gasteiger partial charge is 0.483 e. The zero-order valence-electron chi connectivity index (χ0n) is 16.0. The summed E-state index contributed by atoms with van der Waals surface area (Å²) < 4.78 is 5.74. The molecule has 25 heavy (non-hydrogen) atoms. The normalized spacial score (nSPS) is 10.6. The van der Waals surface area contributed by atoms with Gasteiger partial charge >= 0.3 is 0 Å². The fourth-order valence-electron chi connectivity index (χ4n) is 2.95. The van der Waals surface area contributed by atoms with E-state index in [0.29, 0.717) is 6.54 Å². The van der Waals surface area contributed by atoms with Gasteiger partial charge in [-0.15, -0.1) is 0 Å². The first kappa shape index (κ1) is 19.0. The summed E-state index contributed by atoms with van der Waals surface area (Å²) in [6.45, 7) is 11.0. The fourth-order valence-corrected chi connectivity index (χ4v) is 2.95. The average Bonchev–Trinajstić information content (AvgIpc) is 2.61. The maximum Gasteiger partial charge on any atom is 0.258 e. The molecule has 0 heterocycles. The zero-order valence-corrected chi connectivity index (χ0v) is 16.0. The van der Waals surface area contributed by atoms with Gasteiger partial charge in [-0.05, 0) is 73.1 Å². The Morgan fingerprint density at radius 2 is 1.76 bits per heavy atom. The van der Waals surface area contributed by atoms with E-state index < -0.39 is 0 Å². The maximum absolute atomic E-state index is 12.2. The van der Waals surface area contributed by atoms with Crippen LogP contribution in [0.5, 0.6) is 5.75 Å². The number of hydrogen-bond donors (Lipinski definition) is 1. The van der Waals surface area contributed by atoms with Crippen LogP contribution in [0.4, 0.5) is 0 Å². The number of carbonyl (C=O) groups excluding carboxylic acids is 1. The van der Waals surface area contributed by atoms with Crippen LogP contribution in [-0.4, -0.2) is 12.5 Å². The third-order valence-electron chi connectivity index (χ3n) is 4.66. The Balaban J connectivity index is 1.96. The minimum atomic E-state index is -0.0949. The van der Waals surface area contributed by atoms with E-state index >= 15 is 0 Å². The summed E-state index contributed by atoms with van der Waals surface area (Å²) in [5, 5.41) is 2.98. The fraction of sp³-hybridized carbons (Fsp3) is 0.409. The molecule has 0 atom stereocenters. The smallest absolute Gasteiger partial charge is 0.258 e. The van der Waals surface area contributed by atoms with E-state index in [1.165, 1.54) is 22.3 Å². The summed E-state index contributed by atoms with van der Waals surface area (Å²) >= 11 is 0. The molecular weight excluding hydrogens is 310 g/mol. The van der Waals surface area contributed by atoms with Gasteiger partial charge in [0.1, 0.15) is 5.75 Å². The Morgan fingerprint density at radius 3 is 2.44 bits per heavy atom. The van der Waals surface area contributed by atoms with Crippen LogP contribution in [0, 0.1) is 20.8 Å². The summed E-state index contributed by atoms with van der Waals surface area (Å²) in [4.78, 5) is 12.2. The Morgan fingerprint density at radius 1 is 1.00 bits per heavy atom. The van der Waals surface area contributed by atoms with Crippen molar-refractivity contribution in [1.82, 2.24) is 5.32 Å². The summed E-state index contributed by atoms with van der Waals surface area (Å²) in [6.07, 6.45) is 1.97. The number of amides is 1. The number of ether oxygens (including phenoxy) is 1. The van der Waals surface area contributed by atoms with E-state index in [9.17, 15) is 4.79 Å². The molecule has 0 radical (unpaired) electrons. The molecule has 1 amide bonds. The first-order chi connectivity index (χ1) is 11.9. The van der Waals surface area contributed by atoms with Gasteiger partial charge in [-0.1, -0.05) is 38.1 Å². The van der Waals surface area contributed by atoms with Gasteiger partial charge in [-0.3, -0.25) is 4.79 Å². The number of nitrogens with one attached hydrogen (secondary N) is 1. The standard InChI is InChI=1S/C22H29NO2/c1-6-18-8-9-19(7-2)20(12-18)13-23-22(24)14-25-21-11-15(3)10-16(4)17(21)5/h8-12H,6-7,13-14H2,1-5H3,(H,23,24). The van der Waals surface area contributed by atoms with E-state index in [4.69, 9.17) is 4.74 Å². The Kier molecular flexibility index (Phi) is 6.63. The number of hydrogen-bond acceptors (Lipinski definition) is 2. The molecule has 0 unspecified atom stereocenters. The molecule has 0 aliphatic rings. The average molecular weight is 339 g/mol. The van der Waals surface area contributed by atoms with Crippen molar-refractivity contribution in [3.63, 3.8) is 0 Å². The second-order valence-electron chi connectivity index (χ2n) is 6.58. The molecular formula is C22H29NO2. The Hall–Kier alpha value is -2.29. The van der Waals surface area contributed by atoms with Crippen LogP contribution in [0.2, 0.25) is 0 Å². The van der Waals surface area contributed by atoms with Gasteiger partial charge in [0.2, 0.25) is 0 Å². The first-order valence-corrected chi connectivity index (χ1v) is 9.02. The van der Waals surface area contributed by atoms with E-state index in [-0.39, 0.29) is 12.5 Å². The minimum absolute atomic E-state index is 0.0403. The van der Waals surface area contributed by atoms with Crippen molar-refractivity contribution >= 4 is 5.91 Å². The van der Waals surface area contributed by atoms with Gasteiger partial charge in [-0.25, -0.2) is 0 Å². The number of rotatable bonds is 7. The Labute approximate surface area is 151 Å². The molecule has 0 aromatic heterocycles. The van der Waals surface area contributed by atoms with Crippen LogP contribution in [0.25, 0.3) is 0 Å². The van der Waals surface area contributed by atoms with Crippen molar-refractivity contribution in [2.45, 2.75) is 54.0 Å². The van der Waals surface area contributed by atoms with Crippen molar-refractivity contribution < 1.29 is 9.53 Å². The predicted molar refractivity (Wildman–Crippen MR) is 103 cm³/mol. The minimum Gasteiger partial charge on any atom is -0.483 e. The topological polar surface area (TPSA) is 38.3 Å². The lowest BCUT2D eigenvalue weighted by Gasteiger charge is -2.14. The molecule has 0 fully saturated rings. The molecule has 0 saturated heterocycles. The summed E-state index contributed by atoms with van der Waals surface area (Å²) in [5.41, 5.74) is 7.18. The SMILES string of the molecule is CCc1ccc(CC)c(CNC(=O)COc2cc(C)cc(C)c2C)c1. The highest BCUT2D eigenvalue weighted by atomic mass is 16.5. The van der Waals surface area contributed by atoms with Crippen LogP contribution in [0.15, 0.2) is 30.3 Å². The lowest BCUT2D eigenvalue weighted by Crippen LogP contribution is -2.29. The van der Waals surface area contributed by atoms with Crippen molar-refractivity contribution in [2.24, 2.45) is 0 Å². The van der Waals surface area contributed by atoms with Gasteiger partial charge in [0.25, 0.3) is 5.91 Å². The number of carbonyl (C=O) groups is 1. The van der Waals surface area contributed by atoms with Crippen LogP contribution in [0.1, 0.15) is 47.2 Å².